The van der Waals surface area contributed by atoms with Gasteiger partial charge in [0.25, 0.3) is 0 Å². The fraction of sp³-hybridized carbons (Fsp3) is 0.750. The van der Waals surface area contributed by atoms with E-state index in [1.165, 1.54) is 19.3 Å². The monoisotopic (exact) mass is 351 g/mol. The Labute approximate surface area is 120 Å². The molecule has 1 aliphatic heterocycles. The smallest absolute Gasteiger partial charge is 0.188 e. The topological polar surface area (TPSA) is 59.6 Å². The van der Waals surface area contributed by atoms with Crippen LogP contribution in [0.2, 0.25) is 0 Å². The van der Waals surface area contributed by atoms with E-state index >= 15 is 0 Å². The molecular weight excluding hydrogens is 329 g/mol. The first kappa shape index (κ1) is 14.6. The molecule has 2 rings (SSSR count). The van der Waals surface area contributed by atoms with Crippen LogP contribution in [0.4, 0.5) is 0 Å². The quantitative estimate of drug-likeness (QED) is 0.463. The number of nitrogens with two attached hydrogens (primary N) is 1. The van der Waals surface area contributed by atoms with Crippen LogP contribution >= 0.6 is 24.0 Å². The molecule has 0 aromatic heterocycles. The van der Waals surface area contributed by atoms with Crippen molar-refractivity contribution in [3.8, 4) is 0 Å². The van der Waals surface area contributed by atoms with Gasteiger partial charge in [0.1, 0.15) is 6.10 Å². The number of nitrogens with one attached hydrogen (secondary N) is 1. The number of rotatable bonds is 4. The van der Waals surface area contributed by atoms with Gasteiger partial charge in [-0.1, -0.05) is 6.42 Å². The minimum Gasteiger partial charge on any atom is -0.497 e. The van der Waals surface area contributed by atoms with Gasteiger partial charge < -0.3 is 15.8 Å². The lowest BCUT2D eigenvalue weighted by Gasteiger charge is -2.23. The minimum absolute atomic E-state index is 0. The average molecular weight is 351 g/mol. The van der Waals surface area contributed by atoms with Crippen molar-refractivity contribution >= 4 is 29.9 Å². The van der Waals surface area contributed by atoms with E-state index < -0.39 is 0 Å². The van der Waals surface area contributed by atoms with Crippen molar-refractivity contribution in [1.29, 1.82) is 0 Å². The van der Waals surface area contributed by atoms with Gasteiger partial charge in [-0.3, -0.25) is 4.99 Å². The minimum atomic E-state index is 0. The molecule has 1 fully saturated rings. The largest absolute Gasteiger partial charge is 0.497 e. The van der Waals surface area contributed by atoms with Crippen LogP contribution in [0, 0.1) is 5.92 Å². The molecule has 98 valence electrons. The fourth-order valence-corrected chi connectivity index (χ4v) is 1.91. The summed E-state index contributed by atoms with van der Waals surface area (Å²) in [7, 11) is 0. The van der Waals surface area contributed by atoms with Gasteiger partial charge >= 0.3 is 0 Å². The van der Waals surface area contributed by atoms with Crippen molar-refractivity contribution in [2.45, 2.75) is 38.2 Å². The number of guanidine groups is 1. The molecule has 0 saturated heterocycles. The zero-order valence-corrected chi connectivity index (χ0v) is 12.4. The van der Waals surface area contributed by atoms with Gasteiger partial charge in [-0.05, 0) is 37.7 Å². The summed E-state index contributed by atoms with van der Waals surface area (Å²) in [5.74, 6) is 1.33. The maximum Gasteiger partial charge on any atom is 0.188 e. The number of hydrogen-bond donors (Lipinski definition) is 2. The Morgan fingerprint density at radius 3 is 2.82 bits per heavy atom. The van der Waals surface area contributed by atoms with E-state index in [0.29, 0.717) is 5.96 Å². The second-order valence-electron chi connectivity index (χ2n) is 4.61. The molecule has 0 aromatic carbocycles. The Morgan fingerprint density at radius 2 is 2.24 bits per heavy atom. The van der Waals surface area contributed by atoms with Crippen LogP contribution in [-0.4, -0.2) is 25.2 Å². The first-order valence-electron chi connectivity index (χ1n) is 6.19. The molecule has 5 heteroatoms. The summed E-state index contributed by atoms with van der Waals surface area (Å²) >= 11 is 0. The molecule has 1 heterocycles. The number of hydrogen-bond acceptors (Lipinski definition) is 2. The highest BCUT2D eigenvalue weighted by Crippen LogP contribution is 2.26. The lowest BCUT2D eigenvalue weighted by atomic mass is 9.86. The lowest BCUT2D eigenvalue weighted by molar-refractivity contribution is 0.127. The standard InChI is InChI=1S/C12H21N3O.HI/c13-12(14-8-10-4-3-5-10)15-9-11-6-1-2-7-16-11;/h2,7,10-11H,1,3-6,8-9H2,(H3,13,14,15);1H. The van der Waals surface area contributed by atoms with Gasteiger partial charge in [0.15, 0.2) is 5.96 Å². The third kappa shape index (κ3) is 5.14. The first-order valence-corrected chi connectivity index (χ1v) is 6.19. The van der Waals surface area contributed by atoms with Crippen LogP contribution < -0.4 is 11.1 Å². The molecule has 1 saturated carbocycles. The summed E-state index contributed by atoms with van der Waals surface area (Å²) in [5.41, 5.74) is 5.78. The van der Waals surface area contributed by atoms with Crippen LogP contribution in [-0.2, 0) is 4.74 Å². The second-order valence-corrected chi connectivity index (χ2v) is 4.61. The van der Waals surface area contributed by atoms with Gasteiger partial charge in [-0.15, -0.1) is 24.0 Å². The molecular formula is C12H22IN3O. The second kappa shape index (κ2) is 7.79. The van der Waals surface area contributed by atoms with Crippen molar-refractivity contribution in [1.82, 2.24) is 5.32 Å². The molecule has 3 N–H and O–H groups in total. The zero-order valence-electron chi connectivity index (χ0n) is 10.1. The molecule has 1 aliphatic carbocycles. The van der Waals surface area contributed by atoms with E-state index in [1.54, 1.807) is 6.26 Å². The van der Waals surface area contributed by atoms with Crippen LogP contribution in [0.5, 0.6) is 0 Å². The van der Waals surface area contributed by atoms with Crippen LogP contribution in [0.15, 0.2) is 17.3 Å². The Morgan fingerprint density at radius 1 is 1.41 bits per heavy atom. The maximum atomic E-state index is 5.78. The summed E-state index contributed by atoms with van der Waals surface area (Å²) < 4.78 is 5.43. The normalized spacial score (nSPS) is 24.5. The number of nitrogens with zero attached hydrogens (tertiary/aromatic N) is 1. The first-order chi connectivity index (χ1) is 7.84. The third-order valence-electron chi connectivity index (χ3n) is 3.28. The van der Waals surface area contributed by atoms with Crippen molar-refractivity contribution < 1.29 is 4.74 Å². The third-order valence-corrected chi connectivity index (χ3v) is 3.28. The summed E-state index contributed by atoms with van der Waals surface area (Å²) in [4.78, 5) is 4.34. The molecule has 0 bridgehead atoms. The van der Waals surface area contributed by atoms with Gasteiger partial charge in [0, 0.05) is 6.54 Å². The number of halogens is 1. The molecule has 0 amide bonds. The fourth-order valence-electron chi connectivity index (χ4n) is 1.91. The molecule has 2 aliphatic rings. The highest BCUT2D eigenvalue weighted by atomic mass is 127. The van der Waals surface area contributed by atoms with Crippen molar-refractivity contribution in [2.24, 2.45) is 16.6 Å². The number of ether oxygens (including phenoxy) is 1. The van der Waals surface area contributed by atoms with Gasteiger partial charge in [-0.25, -0.2) is 0 Å². The molecule has 1 atom stereocenters. The molecule has 0 aromatic rings. The van der Waals surface area contributed by atoms with Gasteiger partial charge in [0.05, 0.1) is 12.8 Å². The van der Waals surface area contributed by atoms with E-state index in [0.717, 1.165) is 31.8 Å². The summed E-state index contributed by atoms with van der Waals surface area (Å²) in [6, 6.07) is 0. The van der Waals surface area contributed by atoms with Crippen molar-refractivity contribution in [2.75, 3.05) is 13.1 Å². The number of aliphatic imine (C=N–C) groups is 1. The Bertz CT molecular complexity index is 277. The van der Waals surface area contributed by atoms with E-state index in [4.69, 9.17) is 10.5 Å². The Balaban J connectivity index is 0.00000144. The maximum absolute atomic E-state index is 5.78. The summed E-state index contributed by atoms with van der Waals surface area (Å²) in [6.07, 6.45) is 10.2. The lowest BCUT2D eigenvalue weighted by Crippen LogP contribution is -2.38. The predicted molar refractivity (Wildman–Crippen MR) is 80.5 cm³/mol. The van der Waals surface area contributed by atoms with E-state index in [9.17, 15) is 0 Å². The van der Waals surface area contributed by atoms with Crippen molar-refractivity contribution in [3.05, 3.63) is 12.3 Å². The Kier molecular flexibility index (Phi) is 6.69. The highest BCUT2D eigenvalue weighted by molar-refractivity contribution is 14.0. The molecule has 1 unspecified atom stereocenters. The summed E-state index contributed by atoms with van der Waals surface area (Å²) in [5, 5.41) is 3.12. The zero-order chi connectivity index (χ0) is 11.2. The van der Waals surface area contributed by atoms with Crippen LogP contribution in [0.25, 0.3) is 0 Å². The molecule has 17 heavy (non-hydrogen) atoms. The molecule has 4 nitrogen and oxygen atoms in total. The Hall–Kier alpha value is -0.460. The highest BCUT2D eigenvalue weighted by Gasteiger charge is 2.16. The number of allylic oxidation sites excluding steroid dienone is 1. The van der Waals surface area contributed by atoms with E-state index in [-0.39, 0.29) is 30.1 Å². The van der Waals surface area contributed by atoms with Crippen LogP contribution in [0.1, 0.15) is 32.1 Å². The predicted octanol–water partition coefficient (Wildman–Crippen LogP) is 2.00. The SMILES string of the molecule is I.NC(=NCC1CCC1)NCC1CCC=CO1. The molecule has 0 spiro atoms. The van der Waals surface area contributed by atoms with Gasteiger partial charge in [-0.2, -0.15) is 0 Å². The van der Waals surface area contributed by atoms with Crippen molar-refractivity contribution in [3.63, 3.8) is 0 Å². The van der Waals surface area contributed by atoms with E-state index in [1.807, 2.05) is 6.08 Å². The van der Waals surface area contributed by atoms with Gasteiger partial charge in [0.2, 0.25) is 0 Å². The van der Waals surface area contributed by atoms with E-state index in [2.05, 4.69) is 10.3 Å². The molecule has 0 radical (unpaired) electrons. The van der Waals surface area contributed by atoms with Crippen LogP contribution in [0.3, 0.4) is 0 Å². The average Bonchev–Trinajstić information content (AvgIpc) is 2.26. The summed E-state index contributed by atoms with van der Waals surface area (Å²) in [6.45, 7) is 1.63.